The van der Waals surface area contributed by atoms with E-state index in [9.17, 15) is 54.0 Å². The number of rotatable bonds is 35. The van der Waals surface area contributed by atoms with Crippen molar-refractivity contribution < 1.29 is 73.3 Å². The van der Waals surface area contributed by atoms with E-state index in [2.05, 4.69) is 22.9 Å². The van der Waals surface area contributed by atoms with Crippen molar-refractivity contribution in [1.82, 2.24) is 16.0 Å². The molecule has 73 heavy (non-hydrogen) atoms. The highest BCUT2D eigenvalue weighted by Crippen LogP contribution is 2.34. The van der Waals surface area contributed by atoms with Crippen molar-refractivity contribution in [2.45, 2.75) is 101 Å². The smallest absolute Gasteiger partial charge is 0.364 e. The predicted molar refractivity (Wildman–Crippen MR) is 284 cm³/mol. The Morgan fingerprint density at radius 1 is 0.753 bits per heavy atom. The van der Waals surface area contributed by atoms with Crippen LogP contribution in [0.2, 0.25) is 0 Å². The normalized spacial score (nSPS) is 18.2. The second-order valence-electron chi connectivity index (χ2n) is 16.9. The van der Waals surface area contributed by atoms with Crippen molar-refractivity contribution >= 4 is 86.3 Å². The van der Waals surface area contributed by atoms with E-state index >= 15 is 0 Å². The van der Waals surface area contributed by atoms with E-state index in [1.54, 1.807) is 48.2 Å². The maximum Gasteiger partial charge on any atom is 0.364 e. The van der Waals surface area contributed by atoms with Crippen LogP contribution in [0.4, 0.5) is 0 Å². The number of carboxylic acids is 2. The van der Waals surface area contributed by atoms with Gasteiger partial charge < -0.3 is 55.7 Å². The zero-order valence-corrected chi connectivity index (χ0v) is 44.3. The van der Waals surface area contributed by atoms with Gasteiger partial charge in [-0.2, -0.15) is 23.5 Å². The molecule has 0 radical (unpaired) electrons. The SMILES string of the molecule is CCCSCCNC(=O)c1ccc(C(=O)CCCSCCCO[C@]2(C(=O)O)C[C@H](O)[C@@H](NC(C)=O)[C@H]([C@H](O)[C@H](O)CNC(=O)c3ccc(-c4ccccc4)cc3)O2)c(OCCC(=O)CCSSCCC(=O)O)c1. The third-order valence-electron chi connectivity index (χ3n) is 11.2. The van der Waals surface area contributed by atoms with Crippen molar-refractivity contribution in [2.75, 3.05) is 60.8 Å². The highest BCUT2D eigenvalue weighted by Gasteiger charge is 2.55. The molecule has 3 aromatic carbocycles. The maximum absolute atomic E-state index is 13.5. The largest absolute Gasteiger partial charge is 0.492 e. The average molecular weight is 1090 g/mol. The Labute approximate surface area is 442 Å². The van der Waals surface area contributed by atoms with Crippen LogP contribution in [0.25, 0.3) is 11.1 Å². The lowest BCUT2D eigenvalue weighted by molar-refractivity contribution is -0.310. The summed E-state index contributed by atoms with van der Waals surface area (Å²) in [4.78, 5) is 87.6. The number of Topliss-reactive ketones (excluding diaryl/α,β-unsaturated/α-hetero) is 2. The van der Waals surface area contributed by atoms with Crippen LogP contribution in [-0.4, -0.2) is 164 Å². The first-order valence-corrected chi connectivity index (χ1v) is 28.9. The maximum atomic E-state index is 13.5. The van der Waals surface area contributed by atoms with Gasteiger partial charge >= 0.3 is 11.9 Å². The van der Waals surface area contributed by atoms with Crippen molar-refractivity contribution in [1.29, 1.82) is 0 Å². The standard InChI is InChI=1S/C51H67N3O15S4/c1-3-24-70-29-21-52-49(64)37-16-17-39(43(30-37)67-23-18-38(56)19-27-72-73-28-20-44(60)61)40(57)11-7-25-71-26-8-22-68-51(50(65)66)31-41(58)45(54-33(2)55)47(69-51)46(62)42(59)32-53-48(63)36-14-12-35(13-15-36)34-9-5-4-6-10-34/h4-6,9-10,12-17,30,41-42,45-47,58-59,62H,3,7-8,11,18-29,31-32H2,1-2H3,(H,52,64)(H,53,63)(H,54,55)(H,60,61)(H,65,66)/t41-,42+,45+,46+,47+,51+/m0/s1. The summed E-state index contributed by atoms with van der Waals surface area (Å²) in [6.07, 6.45) is -5.22. The van der Waals surface area contributed by atoms with Crippen LogP contribution in [0.15, 0.2) is 72.8 Å². The molecule has 3 aromatic rings. The molecule has 4 rings (SSSR count). The van der Waals surface area contributed by atoms with Gasteiger partial charge in [0, 0.05) is 74.1 Å². The summed E-state index contributed by atoms with van der Waals surface area (Å²) >= 11 is 3.21. The number of thioether (sulfide) groups is 2. The van der Waals surface area contributed by atoms with Crippen molar-refractivity contribution in [3.05, 3.63) is 89.5 Å². The minimum absolute atomic E-state index is 0.00924. The molecule has 1 heterocycles. The second kappa shape index (κ2) is 32.6. The molecular weight excluding hydrogens is 1020 g/mol. The number of amides is 3. The fourth-order valence-corrected chi connectivity index (χ4v) is 11.0. The van der Waals surface area contributed by atoms with E-state index in [-0.39, 0.29) is 73.2 Å². The molecule has 3 amide bonds. The first-order valence-electron chi connectivity index (χ1n) is 24.1. The first-order chi connectivity index (χ1) is 35.0. The second-order valence-corrected chi connectivity index (χ2v) is 22.1. The number of hydrogen-bond acceptors (Lipinski definition) is 17. The minimum Gasteiger partial charge on any atom is -0.492 e. The summed E-state index contributed by atoms with van der Waals surface area (Å²) in [7, 11) is 2.82. The highest BCUT2D eigenvalue weighted by molar-refractivity contribution is 8.76. The van der Waals surface area contributed by atoms with Crippen molar-refractivity contribution in [2.24, 2.45) is 0 Å². The van der Waals surface area contributed by atoms with Crippen LogP contribution in [-0.2, 0) is 28.7 Å². The molecule has 1 aliphatic rings. The van der Waals surface area contributed by atoms with E-state index in [1.165, 1.54) is 39.4 Å². The number of benzene rings is 3. The summed E-state index contributed by atoms with van der Waals surface area (Å²) < 4.78 is 17.6. The molecule has 0 bridgehead atoms. The number of carbonyl (C=O) groups excluding carboxylic acids is 5. The Morgan fingerprint density at radius 2 is 1.41 bits per heavy atom. The molecule has 1 saturated heterocycles. The van der Waals surface area contributed by atoms with Gasteiger partial charge in [-0.1, -0.05) is 71.0 Å². The molecule has 0 unspecified atom stereocenters. The van der Waals surface area contributed by atoms with Gasteiger partial charge in [-0.15, -0.1) is 0 Å². The third kappa shape index (κ3) is 20.9. The third-order valence-corrected chi connectivity index (χ3v) is 15.9. The molecule has 1 aliphatic heterocycles. The average Bonchev–Trinajstić information content (AvgIpc) is 3.37. The fourth-order valence-electron chi connectivity index (χ4n) is 7.40. The zero-order chi connectivity index (χ0) is 53.2. The van der Waals surface area contributed by atoms with E-state index < -0.39 is 73.0 Å². The number of carbonyl (C=O) groups is 7. The number of ether oxygens (including phenoxy) is 3. The Morgan fingerprint density at radius 3 is 2.10 bits per heavy atom. The Hall–Kier alpha value is -4.65. The van der Waals surface area contributed by atoms with Crippen LogP contribution >= 0.6 is 45.1 Å². The van der Waals surface area contributed by atoms with Gasteiger partial charge in [-0.3, -0.25) is 28.8 Å². The molecule has 0 aromatic heterocycles. The van der Waals surface area contributed by atoms with Gasteiger partial charge in [0.1, 0.15) is 23.7 Å². The monoisotopic (exact) mass is 1090 g/mol. The van der Waals surface area contributed by atoms with Gasteiger partial charge in [0.15, 0.2) is 5.78 Å². The number of carboxylic acid groups (broad SMARTS) is 2. The lowest BCUT2D eigenvalue weighted by Gasteiger charge is -2.46. The molecular formula is C51H67N3O15S4. The number of nitrogens with one attached hydrogen (secondary N) is 3. The topological polar surface area (TPSA) is 284 Å². The fraction of sp³-hybridized carbons (Fsp3) is 0.510. The number of aliphatic hydroxyl groups is 3. The molecule has 400 valence electrons. The van der Waals surface area contributed by atoms with Gasteiger partial charge in [-0.05, 0) is 78.0 Å². The van der Waals surface area contributed by atoms with Crippen molar-refractivity contribution in [3.63, 3.8) is 0 Å². The molecule has 0 saturated carbocycles. The lowest BCUT2D eigenvalue weighted by atomic mass is 9.88. The van der Waals surface area contributed by atoms with Gasteiger partial charge in [0.2, 0.25) is 5.91 Å². The molecule has 0 spiro atoms. The van der Waals surface area contributed by atoms with Gasteiger partial charge in [-0.25, -0.2) is 4.79 Å². The Kier molecular flexibility index (Phi) is 27.2. The van der Waals surface area contributed by atoms with E-state index in [0.29, 0.717) is 48.0 Å². The zero-order valence-electron chi connectivity index (χ0n) is 41.0. The Balaban J connectivity index is 1.27. The first kappa shape index (κ1) is 60.9. The summed E-state index contributed by atoms with van der Waals surface area (Å²) in [5, 5.41) is 60.5. The van der Waals surface area contributed by atoms with Crippen LogP contribution in [0.5, 0.6) is 5.75 Å². The highest BCUT2D eigenvalue weighted by atomic mass is 33.1. The number of aliphatic hydroxyl groups excluding tert-OH is 3. The van der Waals surface area contributed by atoms with Crippen LogP contribution < -0.4 is 20.7 Å². The van der Waals surface area contributed by atoms with Crippen LogP contribution in [0, 0.1) is 0 Å². The minimum atomic E-state index is -2.47. The number of aliphatic carboxylic acids is 2. The molecule has 0 aliphatic carbocycles. The summed E-state index contributed by atoms with van der Waals surface area (Å²) in [6, 6.07) is 19.5. The number of ketones is 2. The molecule has 8 N–H and O–H groups in total. The van der Waals surface area contributed by atoms with E-state index in [4.69, 9.17) is 19.3 Å². The molecule has 22 heteroatoms. The summed E-state index contributed by atoms with van der Waals surface area (Å²) in [5.41, 5.74) is 2.70. The molecule has 6 atom stereocenters. The van der Waals surface area contributed by atoms with Gasteiger partial charge in [0.05, 0.1) is 43.4 Å². The molecule has 1 fully saturated rings. The van der Waals surface area contributed by atoms with Crippen LogP contribution in [0.3, 0.4) is 0 Å². The van der Waals surface area contributed by atoms with Crippen molar-refractivity contribution in [3.8, 4) is 16.9 Å². The quantitative estimate of drug-likeness (QED) is 0.0205. The van der Waals surface area contributed by atoms with E-state index in [1.807, 2.05) is 30.3 Å². The summed E-state index contributed by atoms with van der Waals surface area (Å²) in [5.74, 6) is -2.84. The number of hydrogen-bond donors (Lipinski definition) is 8. The Bertz CT molecular complexity index is 2260. The van der Waals surface area contributed by atoms with Crippen LogP contribution in [0.1, 0.15) is 96.3 Å². The predicted octanol–water partition coefficient (Wildman–Crippen LogP) is 5.50. The molecule has 18 nitrogen and oxygen atoms in total. The van der Waals surface area contributed by atoms with E-state index in [0.717, 1.165) is 36.0 Å². The van der Waals surface area contributed by atoms with Gasteiger partial charge in [0.25, 0.3) is 17.6 Å². The summed E-state index contributed by atoms with van der Waals surface area (Å²) in [6.45, 7) is 3.05. The lowest BCUT2D eigenvalue weighted by Crippen LogP contribution is -2.68.